The number of amides is 4. The van der Waals surface area contributed by atoms with E-state index in [0.717, 1.165) is 16.9 Å². The van der Waals surface area contributed by atoms with Crippen molar-refractivity contribution in [3.05, 3.63) is 47.8 Å². The predicted octanol–water partition coefficient (Wildman–Crippen LogP) is 2.03. The Morgan fingerprint density at radius 1 is 1.17 bits per heavy atom. The van der Waals surface area contributed by atoms with E-state index in [1.54, 1.807) is 0 Å². The molecule has 0 bridgehead atoms. The van der Waals surface area contributed by atoms with Crippen molar-refractivity contribution < 1.29 is 14.3 Å². The molecule has 2 aliphatic rings. The van der Waals surface area contributed by atoms with E-state index < -0.39 is 6.29 Å². The van der Waals surface area contributed by atoms with Crippen molar-refractivity contribution in [3.8, 4) is 5.69 Å². The van der Waals surface area contributed by atoms with Gasteiger partial charge in [0.05, 0.1) is 11.4 Å². The lowest BCUT2D eigenvalue weighted by Crippen LogP contribution is -2.70. The number of hydrogen-bond acceptors (Lipinski definition) is 5. The summed E-state index contributed by atoms with van der Waals surface area (Å²) in [6.45, 7) is 5.05. The number of benzene rings is 1. The Labute approximate surface area is 169 Å². The van der Waals surface area contributed by atoms with E-state index in [2.05, 4.69) is 21.0 Å². The molecule has 2 aromatic rings. The van der Waals surface area contributed by atoms with Gasteiger partial charge >= 0.3 is 12.1 Å². The van der Waals surface area contributed by atoms with Crippen LogP contribution in [0.15, 0.2) is 36.5 Å². The second-order valence-corrected chi connectivity index (χ2v) is 7.43. The maximum Gasteiger partial charge on any atom is 0.328 e. The van der Waals surface area contributed by atoms with Gasteiger partial charge < -0.3 is 15.4 Å². The van der Waals surface area contributed by atoms with Crippen LogP contribution >= 0.6 is 0 Å². The van der Waals surface area contributed by atoms with Crippen molar-refractivity contribution in [2.24, 2.45) is 0 Å². The van der Waals surface area contributed by atoms with Gasteiger partial charge in [0.15, 0.2) is 6.29 Å². The van der Waals surface area contributed by atoms with E-state index in [-0.39, 0.29) is 24.1 Å². The van der Waals surface area contributed by atoms with Crippen molar-refractivity contribution in [2.75, 3.05) is 13.2 Å². The normalized spacial score (nSPS) is 19.7. The molecule has 2 aliphatic heterocycles. The molecular formula is C20H26N6O3. The molecule has 4 rings (SSSR count). The Morgan fingerprint density at radius 2 is 1.90 bits per heavy atom. The first-order valence-corrected chi connectivity index (χ1v) is 9.88. The number of nitrogens with zero attached hydrogens (tertiary/aromatic N) is 3. The van der Waals surface area contributed by atoms with Gasteiger partial charge in [0.2, 0.25) is 0 Å². The van der Waals surface area contributed by atoms with Gasteiger partial charge in [0.1, 0.15) is 0 Å². The first-order chi connectivity index (χ1) is 14.0. The molecule has 1 aromatic heterocycles. The van der Waals surface area contributed by atoms with Crippen molar-refractivity contribution in [3.63, 3.8) is 0 Å². The van der Waals surface area contributed by atoms with Crippen LogP contribution < -0.4 is 16.0 Å². The fourth-order valence-electron chi connectivity index (χ4n) is 3.71. The lowest BCUT2D eigenvalue weighted by atomic mass is 10.1. The standard InChI is InChI=1S/C20H26N6O3/c1-13-6-9-25(24-13)17-5-3-4-15(12-17)14(2)21-18-22-19(27)26(20(28)23-18)16-7-10-29-11-8-16/h3-6,9,12,14,16,18,21H,7-8,10-11H2,1-2H3,(H,22,27)(H,23,28)/t14-/m0/s1. The van der Waals surface area contributed by atoms with Gasteiger partial charge in [0.25, 0.3) is 0 Å². The molecule has 3 heterocycles. The molecule has 154 valence electrons. The van der Waals surface area contributed by atoms with Crippen LogP contribution in [0.25, 0.3) is 5.69 Å². The topological polar surface area (TPSA) is 101 Å². The van der Waals surface area contributed by atoms with Gasteiger partial charge in [-0.1, -0.05) is 12.1 Å². The zero-order valence-corrected chi connectivity index (χ0v) is 16.6. The molecule has 0 spiro atoms. The van der Waals surface area contributed by atoms with E-state index in [1.165, 1.54) is 4.90 Å². The quantitative estimate of drug-likeness (QED) is 0.716. The Morgan fingerprint density at radius 3 is 2.55 bits per heavy atom. The SMILES string of the molecule is Cc1ccn(-c2cccc([C@H](C)NC3NC(=O)N(C4CCOCC4)C(=O)N3)c2)n1. The largest absolute Gasteiger partial charge is 0.381 e. The van der Waals surface area contributed by atoms with Crippen LogP contribution in [0.4, 0.5) is 9.59 Å². The fraction of sp³-hybridized carbons (Fsp3) is 0.450. The monoisotopic (exact) mass is 398 g/mol. The molecule has 4 amide bonds. The van der Waals surface area contributed by atoms with Gasteiger partial charge in [-0.15, -0.1) is 0 Å². The maximum absolute atomic E-state index is 12.5. The van der Waals surface area contributed by atoms with Gasteiger partial charge in [-0.2, -0.15) is 5.10 Å². The summed E-state index contributed by atoms with van der Waals surface area (Å²) in [5, 5.41) is 13.4. The number of aryl methyl sites for hydroxylation is 1. The first-order valence-electron chi connectivity index (χ1n) is 9.88. The van der Waals surface area contributed by atoms with Crippen molar-refractivity contribution >= 4 is 12.1 Å². The van der Waals surface area contributed by atoms with Gasteiger partial charge in [-0.3, -0.25) is 5.32 Å². The zero-order valence-electron chi connectivity index (χ0n) is 16.6. The Kier molecular flexibility index (Phi) is 5.50. The molecular weight excluding hydrogens is 372 g/mol. The van der Waals surface area contributed by atoms with Gasteiger partial charge in [0, 0.05) is 31.5 Å². The molecule has 9 heteroatoms. The molecule has 29 heavy (non-hydrogen) atoms. The summed E-state index contributed by atoms with van der Waals surface area (Å²) in [5.41, 5.74) is 2.92. The summed E-state index contributed by atoms with van der Waals surface area (Å²) in [5.74, 6) is 0. The molecule has 0 aliphatic carbocycles. The predicted molar refractivity (Wildman–Crippen MR) is 106 cm³/mol. The minimum atomic E-state index is -0.642. The second kappa shape index (κ2) is 8.22. The molecule has 9 nitrogen and oxygen atoms in total. The summed E-state index contributed by atoms with van der Waals surface area (Å²) in [4.78, 5) is 26.3. The molecule has 1 atom stereocenters. The van der Waals surface area contributed by atoms with Crippen LogP contribution in [0, 0.1) is 6.92 Å². The summed E-state index contributed by atoms with van der Waals surface area (Å²) < 4.78 is 7.14. The van der Waals surface area contributed by atoms with Crippen molar-refractivity contribution in [1.82, 2.24) is 30.6 Å². The van der Waals surface area contributed by atoms with E-state index >= 15 is 0 Å². The number of hydrogen-bond donors (Lipinski definition) is 3. The average molecular weight is 398 g/mol. The molecule has 0 unspecified atom stereocenters. The average Bonchev–Trinajstić information content (AvgIpc) is 3.15. The van der Waals surface area contributed by atoms with Crippen LogP contribution in [0.1, 0.15) is 37.1 Å². The lowest BCUT2D eigenvalue weighted by Gasteiger charge is -2.39. The third-order valence-corrected chi connectivity index (χ3v) is 5.30. The molecule has 0 radical (unpaired) electrons. The zero-order chi connectivity index (χ0) is 20.4. The second-order valence-electron chi connectivity index (χ2n) is 7.43. The fourth-order valence-corrected chi connectivity index (χ4v) is 3.71. The summed E-state index contributed by atoms with van der Waals surface area (Å²) in [7, 11) is 0. The molecule has 2 fully saturated rings. The minimum Gasteiger partial charge on any atom is -0.381 e. The number of carbonyl (C=O) groups excluding carboxylic acids is 2. The number of aromatic nitrogens is 2. The minimum absolute atomic E-state index is 0.105. The lowest BCUT2D eigenvalue weighted by molar-refractivity contribution is 0.0492. The number of nitrogens with one attached hydrogen (secondary N) is 3. The highest BCUT2D eigenvalue weighted by molar-refractivity contribution is 5.96. The molecule has 1 aromatic carbocycles. The highest BCUT2D eigenvalue weighted by Gasteiger charge is 2.37. The van der Waals surface area contributed by atoms with Crippen LogP contribution in [0.3, 0.4) is 0 Å². The Bertz CT molecular complexity index is 874. The highest BCUT2D eigenvalue weighted by Crippen LogP contribution is 2.19. The van der Waals surface area contributed by atoms with Crippen LogP contribution in [0.2, 0.25) is 0 Å². The summed E-state index contributed by atoms with van der Waals surface area (Å²) in [6, 6.07) is 8.93. The molecule has 3 N–H and O–H groups in total. The van der Waals surface area contributed by atoms with E-state index in [9.17, 15) is 9.59 Å². The third-order valence-electron chi connectivity index (χ3n) is 5.30. The smallest absolute Gasteiger partial charge is 0.328 e. The molecule has 2 saturated heterocycles. The van der Waals surface area contributed by atoms with Gasteiger partial charge in [-0.05, 0) is 50.5 Å². The summed E-state index contributed by atoms with van der Waals surface area (Å²) >= 11 is 0. The van der Waals surface area contributed by atoms with E-state index in [1.807, 2.05) is 55.1 Å². The number of rotatable bonds is 5. The molecule has 0 saturated carbocycles. The summed E-state index contributed by atoms with van der Waals surface area (Å²) in [6.07, 6.45) is 2.60. The maximum atomic E-state index is 12.5. The number of imide groups is 1. The van der Waals surface area contributed by atoms with E-state index in [0.29, 0.717) is 26.1 Å². The third kappa shape index (κ3) is 4.25. The Hall–Kier alpha value is -2.91. The van der Waals surface area contributed by atoms with Crippen LogP contribution in [0.5, 0.6) is 0 Å². The van der Waals surface area contributed by atoms with E-state index in [4.69, 9.17) is 4.74 Å². The highest BCUT2D eigenvalue weighted by atomic mass is 16.5. The van der Waals surface area contributed by atoms with Crippen molar-refractivity contribution in [1.29, 1.82) is 0 Å². The first kappa shape index (κ1) is 19.4. The van der Waals surface area contributed by atoms with Gasteiger partial charge in [-0.25, -0.2) is 19.2 Å². The number of carbonyl (C=O) groups is 2. The van der Waals surface area contributed by atoms with Crippen molar-refractivity contribution in [2.45, 2.75) is 45.1 Å². The van der Waals surface area contributed by atoms with Crippen LogP contribution in [-0.4, -0.2) is 52.3 Å². The Balaban J connectivity index is 1.41. The number of ether oxygens (including phenoxy) is 1. The van der Waals surface area contributed by atoms with Crippen LogP contribution in [-0.2, 0) is 4.74 Å². The number of urea groups is 2.